The van der Waals surface area contributed by atoms with E-state index < -0.39 is 22.0 Å². The van der Waals surface area contributed by atoms with Gasteiger partial charge in [-0.3, -0.25) is 18.5 Å². The predicted octanol–water partition coefficient (Wildman–Crippen LogP) is 3.99. The first-order valence-electron chi connectivity index (χ1n) is 11.1. The van der Waals surface area contributed by atoms with Gasteiger partial charge in [0.25, 0.3) is 15.9 Å². The molecule has 1 aliphatic heterocycles. The molecule has 35 heavy (non-hydrogen) atoms. The number of sulfonamides is 1. The number of hydrogen-bond donors (Lipinski definition) is 1. The number of anilines is 2. The largest absolute Gasteiger partial charge is 0.476 e. The number of aromatic nitrogens is 1. The number of rotatable bonds is 5. The van der Waals surface area contributed by atoms with Gasteiger partial charge in [-0.1, -0.05) is 41.2 Å². The Morgan fingerprint density at radius 3 is 2.60 bits per heavy atom. The molecule has 5 rings (SSSR count). The summed E-state index contributed by atoms with van der Waals surface area (Å²) in [6, 6.07) is 18.6. The molecular formula is C25H23N3O5S2. The van der Waals surface area contributed by atoms with Gasteiger partial charge in [0.15, 0.2) is 6.10 Å². The summed E-state index contributed by atoms with van der Waals surface area (Å²) in [5, 5.41) is 2.81. The molecule has 1 aliphatic rings. The maximum atomic E-state index is 13.5. The van der Waals surface area contributed by atoms with E-state index in [1.165, 1.54) is 4.31 Å². The maximum absolute atomic E-state index is 13.5. The summed E-state index contributed by atoms with van der Waals surface area (Å²) in [4.78, 5) is 25.4. The lowest BCUT2D eigenvalue weighted by molar-refractivity contribution is -0.122. The number of nitrogens with one attached hydrogen (secondary N) is 1. The normalized spacial score (nSPS) is 15.5. The van der Waals surface area contributed by atoms with E-state index in [-0.39, 0.29) is 16.3 Å². The molecule has 1 unspecified atom stereocenters. The highest BCUT2D eigenvalue weighted by Crippen LogP contribution is 2.37. The number of carbonyl (C=O) groups is 1. The van der Waals surface area contributed by atoms with Crippen molar-refractivity contribution in [1.82, 2.24) is 4.57 Å². The molecule has 0 saturated heterocycles. The minimum atomic E-state index is -3.93. The van der Waals surface area contributed by atoms with Crippen LogP contribution in [0.3, 0.4) is 0 Å². The number of aryl methyl sites for hydroxylation is 2. The second kappa shape index (κ2) is 8.86. The van der Waals surface area contributed by atoms with Crippen LogP contribution in [0.15, 0.2) is 76.4 Å². The Balaban J connectivity index is 1.45. The number of fused-ring (bicyclic) bond motifs is 2. The molecule has 1 amide bonds. The first-order chi connectivity index (χ1) is 16.8. The molecule has 0 saturated carbocycles. The number of para-hydroxylation sites is 2. The molecule has 0 fully saturated rings. The molecule has 10 heteroatoms. The Labute approximate surface area is 206 Å². The van der Waals surface area contributed by atoms with E-state index in [9.17, 15) is 18.0 Å². The van der Waals surface area contributed by atoms with E-state index in [0.29, 0.717) is 23.7 Å². The van der Waals surface area contributed by atoms with Crippen molar-refractivity contribution >= 4 is 48.9 Å². The highest BCUT2D eigenvalue weighted by molar-refractivity contribution is 7.92. The summed E-state index contributed by atoms with van der Waals surface area (Å²) < 4.78 is 36.6. The molecule has 0 spiro atoms. The van der Waals surface area contributed by atoms with Crippen molar-refractivity contribution in [2.45, 2.75) is 31.4 Å². The second-order valence-corrected chi connectivity index (χ2v) is 11.1. The molecule has 180 valence electrons. The summed E-state index contributed by atoms with van der Waals surface area (Å²) in [6.07, 6.45) is -1.07. The van der Waals surface area contributed by atoms with Crippen LogP contribution in [0, 0.1) is 6.92 Å². The van der Waals surface area contributed by atoms with Gasteiger partial charge in [-0.2, -0.15) is 0 Å². The molecule has 4 aromatic rings. The third kappa shape index (κ3) is 4.19. The second-order valence-electron chi connectivity index (χ2n) is 8.21. The topological polar surface area (TPSA) is 97.7 Å². The number of ether oxygens (including phenoxy) is 1. The van der Waals surface area contributed by atoms with E-state index in [2.05, 4.69) is 5.32 Å². The summed E-state index contributed by atoms with van der Waals surface area (Å²) in [5.74, 6) is -0.173. The van der Waals surface area contributed by atoms with Crippen LogP contribution < -0.4 is 19.2 Å². The Morgan fingerprint density at radius 2 is 1.86 bits per heavy atom. The smallest absolute Gasteiger partial charge is 0.308 e. The third-order valence-corrected chi connectivity index (χ3v) is 8.62. The Hall–Kier alpha value is -3.63. The van der Waals surface area contributed by atoms with Crippen molar-refractivity contribution in [2.24, 2.45) is 0 Å². The van der Waals surface area contributed by atoms with Gasteiger partial charge in [-0.15, -0.1) is 0 Å². The predicted molar refractivity (Wildman–Crippen MR) is 137 cm³/mol. The van der Waals surface area contributed by atoms with Crippen LogP contribution >= 0.6 is 11.3 Å². The van der Waals surface area contributed by atoms with Crippen LogP contribution in [0.4, 0.5) is 11.4 Å². The summed E-state index contributed by atoms with van der Waals surface area (Å²) >= 11 is 1.11. The molecule has 0 bridgehead atoms. The Bertz CT molecular complexity index is 1590. The lowest BCUT2D eigenvalue weighted by Gasteiger charge is -2.34. The van der Waals surface area contributed by atoms with Crippen molar-refractivity contribution in [3.63, 3.8) is 0 Å². The highest BCUT2D eigenvalue weighted by Gasteiger charge is 2.37. The van der Waals surface area contributed by atoms with Gasteiger partial charge >= 0.3 is 4.87 Å². The van der Waals surface area contributed by atoms with Gasteiger partial charge in [-0.05, 0) is 56.3 Å². The maximum Gasteiger partial charge on any atom is 0.308 e. The number of carbonyl (C=O) groups excluding carboxylic acids is 1. The Kier molecular flexibility index (Phi) is 5.86. The lowest BCUT2D eigenvalue weighted by Crippen LogP contribution is -2.48. The number of thiazole rings is 1. The zero-order valence-corrected chi connectivity index (χ0v) is 20.7. The molecule has 1 atom stereocenters. The first kappa shape index (κ1) is 23.1. The van der Waals surface area contributed by atoms with Crippen LogP contribution in [0.25, 0.3) is 10.2 Å². The van der Waals surface area contributed by atoms with Crippen molar-refractivity contribution in [1.29, 1.82) is 0 Å². The van der Waals surface area contributed by atoms with Crippen molar-refractivity contribution < 1.29 is 17.9 Å². The fourth-order valence-corrected chi connectivity index (χ4v) is 6.54. The molecule has 8 nitrogen and oxygen atoms in total. The summed E-state index contributed by atoms with van der Waals surface area (Å²) in [5.41, 5.74) is 2.63. The van der Waals surface area contributed by atoms with Gasteiger partial charge in [-0.25, -0.2) is 8.42 Å². The van der Waals surface area contributed by atoms with Crippen LogP contribution in [0.2, 0.25) is 0 Å². The van der Waals surface area contributed by atoms with Gasteiger partial charge in [0.05, 0.1) is 27.3 Å². The minimum absolute atomic E-state index is 0.0600. The summed E-state index contributed by atoms with van der Waals surface area (Å²) in [7, 11) is -3.93. The van der Waals surface area contributed by atoms with Gasteiger partial charge in [0.2, 0.25) is 0 Å². The van der Waals surface area contributed by atoms with Crippen LogP contribution in [0.5, 0.6) is 5.75 Å². The molecule has 0 aliphatic carbocycles. The summed E-state index contributed by atoms with van der Waals surface area (Å²) in [6.45, 7) is 4.16. The SMILES string of the molecule is CCn1c(=O)sc2cc(NC(=O)C3CN(S(=O)(=O)c4ccc(C)cc4)c4ccccc4O3)ccc21. The van der Waals surface area contributed by atoms with E-state index in [4.69, 9.17) is 4.74 Å². The standard InChI is InChI=1S/C25H23N3O5S2/c1-3-27-20-13-10-17(14-23(20)34-25(27)30)26-24(29)22-15-28(19-6-4-5-7-21(19)33-22)35(31,32)18-11-8-16(2)9-12-18/h4-14,22H,3,15H2,1-2H3,(H,26,29). The van der Waals surface area contributed by atoms with Crippen molar-refractivity contribution in [2.75, 3.05) is 16.2 Å². The van der Waals surface area contributed by atoms with Gasteiger partial charge < -0.3 is 10.1 Å². The average molecular weight is 510 g/mol. The van der Waals surface area contributed by atoms with E-state index >= 15 is 0 Å². The molecular weight excluding hydrogens is 486 g/mol. The fourth-order valence-electron chi connectivity index (χ4n) is 4.07. The lowest BCUT2D eigenvalue weighted by atomic mass is 10.2. The zero-order chi connectivity index (χ0) is 24.7. The van der Waals surface area contributed by atoms with E-state index in [1.807, 2.05) is 13.8 Å². The molecule has 1 aromatic heterocycles. The van der Waals surface area contributed by atoms with Crippen LogP contribution in [-0.4, -0.2) is 31.5 Å². The molecule has 2 heterocycles. The molecule has 3 aromatic carbocycles. The highest BCUT2D eigenvalue weighted by atomic mass is 32.2. The number of nitrogens with zero attached hydrogens (tertiary/aromatic N) is 2. The molecule has 0 radical (unpaired) electrons. The number of amides is 1. The monoisotopic (exact) mass is 509 g/mol. The number of benzene rings is 3. The quantitative estimate of drug-likeness (QED) is 0.439. The first-order valence-corrected chi connectivity index (χ1v) is 13.3. The van der Waals surface area contributed by atoms with Crippen LogP contribution in [0.1, 0.15) is 12.5 Å². The zero-order valence-electron chi connectivity index (χ0n) is 19.1. The van der Waals surface area contributed by atoms with E-state index in [1.54, 1.807) is 71.3 Å². The Morgan fingerprint density at radius 1 is 1.11 bits per heavy atom. The third-order valence-electron chi connectivity index (χ3n) is 5.89. The van der Waals surface area contributed by atoms with Gasteiger partial charge in [0.1, 0.15) is 5.75 Å². The van der Waals surface area contributed by atoms with Crippen LogP contribution in [-0.2, 0) is 21.4 Å². The fraction of sp³-hybridized carbons (Fsp3) is 0.200. The molecule has 1 N–H and O–H groups in total. The van der Waals surface area contributed by atoms with Crippen molar-refractivity contribution in [3.05, 3.63) is 82.0 Å². The van der Waals surface area contributed by atoms with E-state index in [0.717, 1.165) is 27.1 Å². The van der Waals surface area contributed by atoms with Crippen molar-refractivity contribution in [3.8, 4) is 5.75 Å². The van der Waals surface area contributed by atoms with Gasteiger partial charge in [0, 0.05) is 12.2 Å². The minimum Gasteiger partial charge on any atom is -0.476 e. The number of hydrogen-bond acceptors (Lipinski definition) is 6. The average Bonchev–Trinajstić information content (AvgIpc) is 3.17.